The number of rotatable bonds is 2. The van der Waals surface area contributed by atoms with Gasteiger partial charge >= 0.3 is 0 Å². The molecule has 96 valence electrons. The minimum Gasteiger partial charge on any atom is -0.398 e. The Hall–Kier alpha value is -1.03. The average Bonchev–Trinajstić information content (AvgIpc) is 2.96. The van der Waals surface area contributed by atoms with Crippen LogP contribution in [-0.4, -0.2) is 5.91 Å². The maximum Gasteiger partial charge on any atom is 0.227 e. The molecule has 2 saturated carbocycles. The van der Waals surface area contributed by atoms with Crippen molar-refractivity contribution < 1.29 is 4.79 Å². The Bertz CT molecular complexity index is 489. The predicted molar refractivity (Wildman–Crippen MR) is 76.1 cm³/mol. The van der Waals surface area contributed by atoms with Gasteiger partial charge in [0.2, 0.25) is 5.91 Å². The third-order valence-electron chi connectivity index (χ3n) is 4.34. The van der Waals surface area contributed by atoms with Crippen molar-refractivity contribution in [1.82, 2.24) is 0 Å². The number of amides is 1. The zero-order valence-electron chi connectivity index (χ0n) is 10.2. The monoisotopic (exact) mass is 308 g/mol. The zero-order chi connectivity index (χ0) is 12.7. The molecule has 0 aliphatic heterocycles. The highest BCUT2D eigenvalue weighted by atomic mass is 79.9. The lowest BCUT2D eigenvalue weighted by atomic mass is 9.88. The number of hydrogen-bond donors (Lipinski definition) is 2. The predicted octanol–water partition coefficient (Wildman–Crippen LogP) is 3.41. The summed E-state index contributed by atoms with van der Waals surface area (Å²) >= 11 is 3.35. The number of benzene rings is 1. The molecule has 1 aromatic rings. The van der Waals surface area contributed by atoms with E-state index in [4.69, 9.17) is 5.73 Å². The minimum absolute atomic E-state index is 0.170. The molecule has 4 heteroatoms. The lowest BCUT2D eigenvalue weighted by molar-refractivity contribution is -0.121. The van der Waals surface area contributed by atoms with E-state index < -0.39 is 0 Å². The minimum atomic E-state index is 0.170. The molecular formula is C14H17BrN2O. The molecule has 0 saturated heterocycles. The van der Waals surface area contributed by atoms with Gasteiger partial charge in [0.05, 0.1) is 0 Å². The van der Waals surface area contributed by atoms with Gasteiger partial charge < -0.3 is 11.1 Å². The Kier molecular flexibility index (Phi) is 3.06. The highest BCUT2D eigenvalue weighted by molar-refractivity contribution is 9.10. The first-order valence-electron chi connectivity index (χ1n) is 6.49. The summed E-state index contributed by atoms with van der Waals surface area (Å²) < 4.78 is 0.862. The molecule has 2 aliphatic rings. The van der Waals surface area contributed by atoms with Crippen LogP contribution in [0.4, 0.5) is 11.4 Å². The van der Waals surface area contributed by atoms with Gasteiger partial charge in [0, 0.05) is 21.8 Å². The van der Waals surface area contributed by atoms with Gasteiger partial charge in [0.25, 0.3) is 0 Å². The van der Waals surface area contributed by atoms with Gasteiger partial charge in [-0.25, -0.2) is 0 Å². The fraction of sp³-hybridized carbons (Fsp3) is 0.500. The molecule has 1 aromatic carbocycles. The Morgan fingerprint density at radius 3 is 2.78 bits per heavy atom. The van der Waals surface area contributed by atoms with Gasteiger partial charge in [-0.05, 0) is 65.2 Å². The summed E-state index contributed by atoms with van der Waals surface area (Å²) in [6.45, 7) is 0. The van der Waals surface area contributed by atoms with Gasteiger partial charge in [0.15, 0.2) is 0 Å². The second-order valence-electron chi connectivity index (χ2n) is 5.51. The molecular weight excluding hydrogens is 292 g/mol. The maximum atomic E-state index is 12.2. The fourth-order valence-electron chi connectivity index (χ4n) is 3.42. The summed E-state index contributed by atoms with van der Waals surface area (Å²) in [6, 6.07) is 5.55. The molecule has 0 spiro atoms. The van der Waals surface area contributed by atoms with E-state index in [1.165, 1.54) is 19.3 Å². The van der Waals surface area contributed by atoms with Gasteiger partial charge in [-0.2, -0.15) is 0 Å². The number of nitrogens with two attached hydrogens (primary N) is 1. The SMILES string of the molecule is Nc1cc(NC(=O)C2CC3CCC2C3)ccc1Br. The highest BCUT2D eigenvalue weighted by Gasteiger charge is 2.42. The van der Waals surface area contributed by atoms with Crippen LogP contribution in [0.3, 0.4) is 0 Å². The molecule has 2 bridgehead atoms. The van der Waals surface area contributed by atoms with Crippen molar-refractivity contribution in [3.8, 4) is 0 Å². The standard InChI is InChI=1S/C14H17BrN2O/c15-12-4-3-10(7-13(12)16)17-14(18)11-6-8-1-2-9(11)5-8/h3-4,7-9,11H,1-2,5-6,16H2,(H,17,18). The van der Waals surface area contributed by atoms with E-state index in [1.54, 1.807) is 6.07 Å². The van der Waals surface area contributed by atoms with E-state index in [0.29, 0.717) is 11.6 Å². The van der Waals surface area contributed by atoms with Crippen LogP contribution in [0.1, 0.15) is 25.7 Å². The molecule has 3 N–H and O–H groups in total. The molecule has 3 rings (SSSR count). The zero-order valence-corrected chi connectivity index (χ0v) is 11.7. The molecule has 0 aromatic heterocycles. The average molecular weight is 309 g/mol. The van der Waals surface area contributed by atoms with Crippen molar-refractivity contribution in [2.24, 2.45) is 17.8 Å². The number of anilines is 2. The van der Waals surface area contributed by atoms with Crippen LogP contribution < -0.4 is 11.1 Å². The van der Waals surface area contributed by atoms with Crippen molar-refractivity contribution in [3.63, 3.8) is 0 Å². The molecule has 18 heavy (non-hydrogen) atoms. The number of halogens is 1. The maximum absolute atomic E-state index is 12.2. The summed E-state index contributed by atoms with van der Waals surface area (Å²) in [6.07, 6.45) is 4.87. The Morgan fingerprint density at radius 1 is 1.33 bits per heavy atom. The fourth-order valence-corrected chi connectivity index (χ4v) is 3.67. The third kappa shape index (κ3) is 2.14. The highest BCUT2D eigenvalue weighted by Crippen LogP contribution is 2.48. The molecule has 2 aliphatic carbocycles. The van der Waals surface area contributed by atoms with Gasteiger partial charge in [0.1, 0.15) is 0 Å². The van der Waals surface area contributed by atoms with Crippen molar-refractivity contribution in [2.75, 3.05) is 11.1 Å². The number of fused-ring (bicyclic) bond motifs is 2. The van der Waals surface area contributed by atoms with Crippen LogP contribution in [0.2, 0.25) is 0 Å². The van der Waals surface area contributed by atoms with E-state index in [1.807, 2.05) is 12.1 Å². The van der Waals surface area contributed by atoms with Crippen LogP contribution in [-0.2, 0) is 4.79 Å². The van der Waals surface area contributed by atoms with Crippen molar-refractivity contribution in [3.05, 3.63) is 22.7 Å². The van der Waals surface area contributed by atoms with Crippen molar-refractivity contribution >= 4 is 33.2 Å². The van der Waals surface area contributed by atoms with Crippen LogP contribution in [0.5, 0.6) is 0 Å². The first-order valence-corrected chi connectivity index (χ1v) is 7.28. The largest absolute Gasteiger partial charge is 0.398 e. The second-order valence-corrected chi connectivity index (χ2v) is 6.36. The quantitative estimate of drug-likeness (QED) is 0.823. The summed E-state index contributed by atoms with van der Waals surface area (Å²) in [5.74, 6) is 1.79. The topological polar surface area (TPSA) is 55.1 Å². The number of nitrogens with one attached hydrogen (secondary N) is 1. The number of hydrogen-bond acceptors (Lipinski definition) is 2. The van der Waals surface area contributed by atoms with Gasteiger partial charge in [-0.15, -0.1) is 0 Å². The Labute approximate surface area is 115 Å². The van der Waals surface area contributed by atoms with Crippen LogP contribution in [0.25, 0.3) is 0 Å². The molecule has 2 fully saturated rings. The van der Waals surface area contributed by atoms with E-state index in [2.05, 4.69) is 21.2 Å². The molecule has 3 unspecified atom stereocenters. The number of carbonyl (C=O) groups excluding carboxylic acids is 1. The Morgan fingerprint density at radius 2 is 2.17 bits per heavy atom. The van der Waals surface area contributed by atoms with Crippen LogP contribution in [0.15, 0.2) is 22.7 Å². The van der Waals surface area contributed by atoms with Crippen LogP contribution in [0, 0.1) is 17.8 Å². The summed E-state index contributed by atoms with van der Waals surface area (Å²) in [5.41, 5.74) is 7.26. The van der Waals surface area contributed by atoms with E-state index in [-0.39, 0.29) is 11.8 Å². The van der Waals surface area contributed by atoms with E-state index >= 15 is 0 Å². The molecule has 1 amide bonds. The van der Waals surface area contributed by atoms with Crippen LogP contribution >= 0.6 is 15.9 Å². The second kappa shape index (κ2) is 4.57. The normalized spacial score (nSPS) is 29.5. The molecule has 0 radical (unpaired) electrons. The molecule has 3 nitrogen and oxygen atoms in total. The Balaban J connectivity index is 1.69. The van der Waals surface area contributed by atoms with Crippen molar-refractivity contribution in [2.45, 2.75) is 25.7 Å². The van der Waals surface area contributed by atoms with Crippen molar-refractivity contribution in [1.29, 1.82) is 0 Å². The number of nitrogen functional groups attached to an aromatic ring is 1. The first kappa shape index (κ1) is 12.0. The third-order valence-corrected chi connectivity index (χ3v) is 5.06. The first-order chi connectivity index (χ1) is 8.63. The molecule has 0 heterocycles. The smallest absolute Gasteiger partial charge is 0.227 e. The summed E-state index contributed by atoms with van der Waals surface area (Å²) in [4.78, 5) is 12.2. The van der Waals surface area contributed by atoms with E-state index in [9.17, 15) is 4.79 Å². The number of carbonyl (C=O) groups is 1. The summed E-state index contributed by atoms with van der Waals surface area (Å²) in [5, 5.41) is 3.00. The van der Waals surface area contributed by atoms with E-state index in [0.717, 1.165) is 22.5 Å². The van der Waals surface area contributed by atoms with Gasteiger partial charge in [-0.3, -0.25) is 4.79 Å². The van der Waals surface area contributed by atoms with Gasteiger partial charge in [-0.1, -0.05) is 6.42 Å². The summed E-state index contributed by atoms with van der Waals surface area (Å²) in [7, 11) is 0. The lowest BCUT2D eigenvalue weighted by Gasteiger charge is -2.20. The lowest BCUT2D eigenvalue weighted by Crippen LogP contribution is -2.27. The molecule has 3 atom stereocenters.